The van der Waals surface area contributed by atoms with Gasteiger partial charge in [-0.3, -0.25) is 0 Å². The Morgan fingerprint density at radius 3 is 2.88 bits per heavy atom. The maximum Gasteiger partial charge on any atom is 0.159 e. The Balaban J connectivity index is 1.54. The molecule has 32 heavy (non-hydrogen) atoms. The molecule has 3 atom stereocenters. The molecule has 2 saturated heterocycles. The largest absolute Gasteiger partial charge is 0.394 e. The number of halogens is 1. The third-order valence-corrected chi connectivity index (χ3v) is 6.46. The minimum Gasteiger partial charge on any atom is -0.394 e. The van der Waals surface area contributed by atoms with Crippen molar-refractivity contribution in [3.8, 4) is 5.82 Å². The van der Waals surface area contributed by atoms with Crippen LogP contribution in [0.5, 0.6) is 0 Å². The van der Waals surface area contributed by atoms with Gasteiger partial charge in [-0.15, -0.1) is 0 Å². The molecule has 0 spiro atoms. The van der Waals surface area contributed by atoms with Gasteiger partial charge < -0.3 is 20.1 Å². The summed E-state index contributed by atoms with van der Waals surface area (Å²) in [7, 11) is 0. The van der Waals surface area contributed by atoms with E-state index < -0.39 is 6.17 Å². The van der Waals surface area contributed by atoms with Crippen molar-refractivity contribution in [2.24, 2.45) is 0 Å². The Labute approximate surface area is 186 Å². The van der Waals surface area contributed by atoms with Crippen LogP contribution in [-0.4, -0.2) is 76.5 Å². The quantitative estimate of drug-likeness (QED) is 0.642. The number of aryl methyl sites for hydroxylation is 2. The number of hydrogen-bond donors (Lipinski definition) is 2. The average molecular weight is 441 g/mol. The number of morpholine rings is 1. The first-order chi connectivity index (χ1) is 15.5. The van der Waals surface area contributed by atoms with Crippen molar-refractivity contribution in [3.05, 3.63) is 41.3 Å². The first-order valence-corrected chi connectivity index (χ1v) is 11.2. The van der Waals surface area contributed by atoms with E-state index in [9.17, 15) is 9.50 Å². The molecule has 170 valence electrons. The normalized spacial score (nSPS) is 24.2. The summed E-state index contributed by atoms with van der Waals surface area (Å²) in [6, 6.07) is 6.08. The lowest BCUT2D eigenvalue weighted by molar-refractivity contribution is 0.00335. The number of nitrogens with zero attached hydrogens (tertiary/aromatic N) is 5. The highest BCUT2D eigenvalue weighted by molar-refractivity contribution is 5.82. The second kappa shape index (κ2) is 8.73. The molecule has 0 bridgehead atoms. The summed E-state index contributed by atoms with van der Waals surface area (Å²) in [4.78, 5) is 11.4. The smallest absolute Gasteiger partial charge is 0.159 e. The summed E-state index contributed by atoms with van der Waals surface area (Å²) in [5, 5.41) is 18.2. The summed E-state index contributed by atoms with van der Waals surface area (Å²) in [6.07, 6.45) is 1.48. The van der Waals surface area contributed by atoms with Crippen LogP contribution in [0.25, 0.3) is 16.7 Å². The Bertz CT molecular complexity index is 1120. The summed E-state index contributed by atoms with van der Waals surface area (Å²) >= 11 is 0. The van der Waals surface area contributed by atoms with E-state index in [1.807, 2.05) is 30.8 Å². The fourth-order valence-electron chi connectivity index (χ4n) is 4.80. The van der Waals surface area contributed by atoms with Gasteiger partial charge in [0.25, 0.3) is 0 Å². The molecule has 9 heteroatoms. The minimum atomic E-state index is -0.898. The van der Waals surface area contributed by atoms with Gasteiger partial charge in [-0.1, -0.05) is 0 Å². The van der Waals surface area contributed by atoms with Crippen molar-refractivity contribution < 1.29 is 14.2 Å². The number of rotatable bonds is 4. The number of ether oxygens (including phenoxy) is 1. The maximum atomic E-state index is 14.7. The minimum absolute atomic E-state index is 0.0222. The Kier molecular flexibility index (Phi) is 5.79. The third-order valence-electron chi connectivity index (χ3n) is 6.46. The number of aliphatic hydroxyl groups excluding tert-OH is 1. The molecule has 0 amide bonds. The summed E-state index contributed by atoms with van der Waals surface area (Å²) < 4.78 is 22.1. The number of fused-ring (bicyclic) bond motifs is 1. The van der Waals surface area contributed by atoms with Crippen molar-refractivity contribution in [2.75, 3.05) is 44.3 Å². The van der Waals surface area contributed by atoms with Gasteiger partial charge in [-0.05, 0) is 50.1 Å². The van der Waals surface area contributed by atoms with Gasteiger partial charge in [0.05, 0.1) is 31.0 Å². The molecule has 1 aromatic carbocycles. The number of anilines is 1. The van der Waals surface area contributed by atoms with Crippen molar-refractivity contribution in [2.45, 2.75) is 38.5 Å². The molecule has 8 nitrogen and oxygen atoms in total. The molecule has 3 unspecified atom stereocenters. The molecule has 2 aliphatic heterocycles. The molecule has 2 aromatic heterocycles. The highest BCUT2D eigenvalue weighted by Crippen LogP contribution is 2.33. The number of aliphatic hydroxyl groups is 1. The van der Waals surface area contributed by atoms with Crippen LogP contribution in [0.3, 0.4) is 0 Å². The summed E-state index contributed by atoms with van der Waals surface area (Å²) in [5.41, 5.74) is 3.04. The molecule has 2 fully saturated rings. The number of piperidine rings is 1. The number of benzene rings is 1. The number of hydrogen-bond acceptors (Lipinski definition) is 7. The average Bonchev–Trinajstić information content (AvgIpc) is 3.21. The van der Waals surface area contributed by atoms with Crippen LogP contribution in [0.4, 0.5) is 10.2 Å². The van der Waals surface area contributed by atoms with Gasteiger partial charge in [0.2, 0.25) is 0 Å². The highest BCUT2D eigenvalue weighted by atomic mass is 19.1. The van der Waals surface area contributed by atoms with Gasteiger partial charge >= 0.3 is 0 Å². The van der Waals surface area contributed by atoms with Crippen LogP contribution in [0.1, 0.15) is 29.3 Å². The molecule has 2 aliphatic rings. The summed E-state index contributed by atoms with van der Waals surface area (Å²) in [5.74, 6) is 1.98. The third kappa shape index (κ3) is 3.96. The maximum absolute atomic E-state index is 14.7. The predicted octanol–water partition coefficient (Wildman–Crippen LogP) is 2.04. The van der Waals surface area contributed by atoms with Crippen molar-refractivity contribution in [3.63, 3.8) is 0 Å². The van der Waals surface area contributed by atoms with E-state index in [1.165, 1.54) is 0 Å². The summed E-state index contributed by atoms with van der Waals surface area (Å²) in [6.45, 7) is 6.91. The molecule has 4 heterocycles. The molecular weight excluding hydrogens is 411 g/mol. The van der Waals surface area contributed by atoms with E-state index in [-0.39, 0.29) is 18.6 Å². The Morgan fingerprint density at radius 1 is 1.22 bits per heavy atom. The van der Waals surface area contributed by atoms with Gasteiger partial charge in [-0.2, -0.15) is 5.10 Å². The van der Waals surface area contributed by atoms with Gasteiger partial charge in [0, 0.05) is 37.0 Å². The second-order valence-corrected chi connectivity index (χ2v) is 8.69. The fourth-order valence-corrected chi connectivity index (χ4v) is 4.80. The van der Waals surface area contributed by atoms with E-state index in [4.69, 9.17) is 4.74 Å². The monoisotopic (exact) mass is 440 g/mol. The molecule has 3 aromatic rings. The van der Waals surface area contributed by atoms with Crippen LogP contribution >= 0.6 is 0 Å². The molecule has 2 N–H and O–H groups in total. The van der Waals surface area contributed by atoms with Crippen molar-refractivity contribution >= 4 is 16.7 Å². The molecule has 0 saturated carbocycles. The van der Waals surface area contributed by atoms with Crippen LogP contribution in [0.15, 0.2) is 24.4 Å². The first-order valence-electron chi connectivity index (χ1n) is 11.2. The zero-order chi connectivity index (χ0) is 22.2. The van der Waals surface area contributed by atoms with Crippen LogP contribution in [0.2, 0.25) is 0 Å². The zero-order valence-corrected chi connectivity index (χ0v) is 18.5. The lowest BCUT2D eigenvalue weighted by Crippen LogP contribution is -2.44. The van der Waals surface area contributed by atoms with E-state index in [1.54, 1.807) is 0 Å². The number of alkyl halides is 1. The lowest BCUT2D eigenvalue weighted by Gasteiger charge is -2.33. The van der Waals surface area contributed by atoms with Crippen LogP contribution < -0.4 is 10.2 Å². The lowest BCUT2D eigenvalue weighted by atomic mass is 9.85. The Hall–Kier alpha value is -2.62. The zero-order valence-electron chi connectivity index (χ0n) is 18.5. The molecule has 0 aliphatic carbocycles. The van der Waals surface area contributed by atoms with Gasteiger partial charge in [-0.25, -0.2) is 19.0 Å². The van der Waals surface area contributed by atoms with Crippen LogP contribution in [0, 0.1) is 13.8 Å². The van der Waals surface area contributed by atoms with Gasteiger partial charge in [0.15, 0.2) is 5.82 Å². The van der Waals surface area contributed by atoms with Gasteiger partial charge in [0.1, 0.15) is 17.8 Å². The molecular formula is C23H29FN6O2. The number of nitrogens with one attached hydrogen (secondary N) is 1. The SMILES string of the molecule is Cc1nc(N2CCOC(CO)C2)cc(-n2ncc3cc(C)c(C4CCNCC4F)cc32)n1. The fraction of sp³-hybridized carbons (Fsp3) is 0.522. The standard InChI is InChI=1S/C23H29FN6O2/c1-14-7-16-10-26-30(21(16)8-19(14)18-3-4-25-11-20(18)24)23-9-22(27-15(2)28-23)29-5-6-32-17(12-29)13-31/h7-10,17-18,20,25,31H,3-6,11-13H2,1-2H3. The number of aromatic nitrogens is 4. The first kappa shape index (κ1) is 21.2. The van der Waals surface area contributed by atoms with E-state index in [2.05, 4.69) is 37.4 Å². The Morgan fingerprint density at radius 2 is 2.06 bits per heavy atom. The van der Waals surface area contributed by atoms with E-state index in [0.717, 1.165) is 40.8 Å². The van der Waals surface area contributed by atoms with Crippen LogP contribution in [-0.2, 0) is 4.74 Å². The molecule has 0 radical (unpaired) electrons. The van der Waals surface area contributed by atoms with E-state index in [0.29, 0.717) is 37.9 Å². The topological polar surface area (TPSA) is 88.3 Å². The highest BCUT2D eigenvalue weighted by Gasteiger charge is 2.28. The second-order valence-electron chi connectivity index (χ2n) is 8.69. The van der Waals surface area contributed by atoms with Crippen molar-refractivity contribution in [1.29, 1.82) is 0 Å². The molecule has 5 rings (SSSR count). The predicted molar refractivity (Wildman–Crippen MR) is 120 cm³/mol. The van der Waals surface area contributed by atoms with Crippen molar-refractivity contribution in [1.82, 2.24) is 25.1 Å². The van der Waals surface area contributed by atoms with E-state index >= 15 is 0 Å².